The second-order valence-electron chi connectivity index (χ2n) is 7.50. The van der Waals surface area contributed by atoms with E-state index in [-0.39, 0.29) is 12.5 Å². The lowest BCUT2D eigenvalue weighted by molar-refractivity contribution is -0.118. The molecule has 5 nitrogen and oxygen atoms in total. The third kappa shape index (κ3) is 4.03. The first kappa shape index (κ1) is 20.1. The molecule has 6 heteroatoms. The molecule has 0 fully saturated rings. The number of carbonyl (C=O) groups is 1. The van der Waals surface area contributed by atoms with Gasteiger partial charge in [-0.1, -0.05) is 54.1 Å². The van der Waals surface area contributed by atoms with Crippen LogP contribution in [-0.4, -0.2) is 17.5 Å². The molecule has 1 amide bonds. The number of nitrogens with one attached hydrogen (secondary N) is 1. The Morgan fingerprint density at radius 1 is 1.03 bits per heavy atom. The van der Waals surface area contributed by atoms with Gasteiger partial charge in [0.25, 0.3) is 5.91 Å². The van der Waals surface area contributed by atoms with E-state index in [4.69, 9.17) is 20.8 Å². The number of rotatable bonds is 5. The van der Waals surface area contributed by atoms with Crippen LogP contribution in [0.1, 0.15) is 5.56 Å². The number of oxazole rings is 1. The molecule has 1 N–H and O–H groups in total. The first-order valence-corrected chi connectivity index (χ1v) is 10.5. The number of hydrogen-bond acceptors (Lipinski definition) is 4. The second-order valence-corrected chi connectivity index (χ2v) is 7.91. The van der Waals surface area contributed by atoms with Crippen LogP contribution in [0.2, 0.25) is 5.02 Å². The summed E-state index contributed by atoms with van der Waals surface area (Å²) in [5.74, 6) is 0.801. The van der Waals surface area contributed by atoms with Crippen molar-refractivity contribution in [3.63, 3.8) is 0 Å². The Hall–Kier alpha value is -3.83. The first-order valence-electron chi connectivity index (χ1n) is 10.1. The smallest absolute Gasteiger partial charge is 0.262 e. The van der Waals surface area contributed by atoms with Crippen LogP contribution in [0, 0.1) is 6.92 Å². The third-order valence-electron chi connectivity index (χ3n) is 5.14. The summed E-state index contributed by atoms with van der Waals surface area (Å²) in [6.07, 6.45) is 0. The minimum absolute atomic E-state index is 0.142. The number of benzene rings is 4. The molecule has 0 radical (unpaired) electrons. The van der Waals surface area contributed by atoms with Crippen LogP contribution in [0.5, 0.6) is 5.75 Å². The van der Waals surface area contributed by atoms with Gasteiger partial charge in [0.05, 0.1) is 10.7 Å². The monoisotopic (exact) mass is 442 g/mol. The molecule has 5 aromatic rings. The molecule has 158 valence electrons. The molecule has 0 spiro atoms. The second kappa shape index (κ2) is 8.36. The SMILES string of the molecule is Cc1ccc2nc(-c3ccc(Cl)c(NC(=O)COc4cccc5ccccc45)c3)oc2c1. The maximum Gasteiger partial charge on any atom is 0.262 e. The molecule has 0 saturated heterocycles. The van der Waals surface area contributed by atoms with Crippen molar-refractivity contribution in [3.8, 4) is 17.2 Å². The molecule has 1 heterocycles. The van der Waals surface area contributed by atoms with Crippen LogP contribution in [0.15, 0.2) is 83.3 Å². The van der Waals surface area contributed by atoms with E-state index in [1.165, 1.54) is 0 Å². The number of anilines is 1. The maximum atomic E-state index is 12.6. The zero-order valence-corrected chi connectivity index (χ0v) is 18.0. The summed E-state index contributed by atoms with van der Waals surface area (Å²) in [5, 5.41) is 5.24. The highest BCUT2D eigenvalue weighted by molar-refractivity contribution is 6.33. The molecule has 5 rings (SSSR count). The Kier molecular flexibility index (Phi) is 5.25. The normalized spacial score (nSPS) is 11.1. The highest BCUT2D eigenvalue weighted by Gasteiger charge is 2.13. The molecule has 0 atom stereocenters. The van der Waals surface area contributed by atoms with Gasteiger partial charge in [-0.3, -0.25) is 4.79 Å². The summed E-state index contributed by atoms with van der Waals surface area (Å²) in [6, 6.07) is 24.7. The molecule has 32 heavy (non-hydrogen) atoms. The molecule has 0 aliphatic rings. The van der Waals surface area contributed by atoms with Gasteiger partial charge in [0.1, 0.15) is 11.3 Å². The number of hydrogen-bond donors (Lipinski definition) is 1. The largest absolute Gasteiger partial charge is 0.483 e. The zero-order chi connectivity index (χ0) is 22.1. The molecule has 0 aliphatic carbocycles. The van der Waals surface area contributed by atoms with Gasteiger partial charge in [-0.05, 0) is 54.3 Å². The van der Waals surface area contributed by atoms with E-state index in [2.05, 4.69) is 10.3 Å². The summed E-state index contributed by atoms with van der Waals surface area (Å²) in [5.41, 5.74) is 3.76. The Bertz CT molecular complexity index is 1450. The number of amides is 1. The number of carbonyl (C=O) groups excluding carboxylic acids is 1. The number of aromatic nitrogens is 1. The standard InChI is InChI=1S/C26H19ClN2O3/c1-16-9-12-21-24(13-16)32-26(29-21)18-10-11-20(27)22(14-18)28-25(30)15-31-23-8-4-6-17-5-2-3-7-19(17)23/h2-14H,15H2,1H3,(H,28,30). The summed E-state index contributed by atoms with van der Waals surface area (Å²) in [7, 11) is 0. The van der Waals surface area contributed by atoms with Gasteiger partial charge >= 0.3 is 0 Å². The van der Waals surface area contributed by atoms with Crippen molar-refractivity contribution >= 4 is 45.1 Å². The van der Waals surface area contributed by atoms with Crippen LogP contribution in [-0.2, 0) is 4.79 Å². The highest BCUT2D eigenvalue weighted by Crippen LogP contribution is 2.31. The first-order chi connectivity index (χ1) is 15.6. The quantitative estimate of drug-likeness (QED) is 0.332. The van der Waals surface area contributed by atoms with Crippen LogP contribution >= 0.6 is 11.6 Å². The van der Waals surface area contributed by atoms with Gasteiger partial charge in [0, 0.05) is 10.9 Å². The summed E-state index contributed by atoms with van der Waals surface area (Å²) in [6.45, 7) is 1.86. The number of ether oxygens (including phenoxy) is 1. The predicted octanol–water partition coefficient (Wildman–Crippen LogP) is 6.63. The van der Waals surface area contributed by atoms with Gasteiger partial charge in [-0.25, -0.2) is 4.98 Å². The fraction of sp³-hybridized carbons (Fsp3) is 0.0769. The number of aryl methyl sites for hydroxylation is 1. The lowest BCUT2D eigenvalue weighted by Gasteiger charge is -2.11. The average molecular weight is 443 g/mol. The van der Waals surface area contributed by atoms with Crippen molar-refractivity contribution < 1.29 is 13.9 Å². The van der Waals surface area contributed by atoms with Gasteiger partial charge in [-0.2, -0.15) is 0 Å². The lowest BCUT2D eigenvalue weighted by atomic mass is 10.1. The van der Waals surface area contributed by atoms with Crippen molar-refractivity contribution in [2.75, 3.05) is 11.9 Å². The number of nitrogens with zero attached hydrogens (tertiary/aromatic N) is 1. The van der Waals surface area contributed by atoms with E-state index in [1.807, 2.05) is 73.7 Å². The lowest BCUT2D eigenvalue weighted by Crippen LogP contribution is -2.20. The van der Waals surface area contributed by atoms with Gasteiger partial charge in [-0.15, -0.1) is 0 Å². The Balaban J connectivity index is 1.34. The van der Waals surface area contributed by atoms with Crippen LogP contribution in [0.25, 0.3) is 33.3 Å². The van der Waals surface area contributed by atoms with Crippen molar-refractivity contribution in [1.82, 2.24) is 4.98 Å². The summed E-state index contributed by atoms with van der Waals surface area (Å²) < 4.78 is 11.7. The van der Waals surface area contributed by atoms with E-state index in [9.17, 15) is 4.79 Å². The van der Waals surface area contributed by atoms with E-state index >= 15 is 0 Å². The molecular formula is C26H19ClN2O3. The van der Waals surface area contributed by atoms with Gasteiger partial charge in [0.2, 0.25) is 5.89 Å². The van der Waals surface area contributed by atoms with Crippen LogP contribution < -0.4 is 10.1 Å². The fourth-order valence-corrected chi connectivity index (χ4v) is 3.73. The molecule has 0 unspecified atom stereocenters. The van der Waals surface area contributed by atoms with E-state index in [0.717, 1.165) is 21.9 Å². The van der Waals surface area contributed by atoms with E-state index in [1.54, 1.807) is 12.1 Å². The van der Waals surface area contributed by atoms with Crippen molar-refractivity contribution in [1.29, 1.82) is 0 Å². The fourth-order valence-electron chi connectivity index (χ4n) is 3.56. The molecule has 4 aromatic carbocycles. The number of halogens is 1. The van der Waals surface area contributed by atoms with E-state index in [0.29, 0.717) is 33.5 Å². The van der Waals surface area contributed by atoms with Crippen LogP contribution in [0.4, 0.5) is 5.69 Å². The Labute approximate surface area is 189 Å². The van der Waals surface area contributed by atoms with Gasteiger partial charge in [0.15, 0.2) is 12.2 Å². The summed E-state index contributed by atoms with van der Waals surface area (Å²) >= 11 is 6.32. The number of fused-ring (bicyclic) bond motifs is 2. The molecular weight excluding hydrogens is 424 g/mol. The zero-order valence-electron chi connectivity index (χ0n) is 17.3. The molecule has 0 saturated carbocycles. The van der Waals surface area contributed by atoms with Crippen molar-refractivity contribution in [2.45, 2.75) is 6.92 Å². The minimum atomic E-state index is -0.315. The average Bonchev–Trinajstić information content (AvgIpc) is 3.22. The molecule has 1 aromatic heterocycles. The molecule has 0 bridgehead atoms. The van der Waals surface area contributed by atoms with Crippen molar-refractivity contribution in [2.24, 2.45) is 0 Å². The summed E-state index contributed by atoms with van der Waals surface area (Å²) in [4.78, 5) is 17.1. The molecule has 0 aliphatic heterocycles. The predicted molar refractivity (Wildman–Crippen MR) is 127 cm³/mol. The highest BCUT2D eigenvalue weighted by atomic mass is 35.5. The van der Waals surface area contributed by atoms with Crippen LogP contribution in [0.3, 0.4) is 0 Å². The van der Waals surface area contributed by atoms with Crippen molar-refractivity contribution in [3.05, 3.63) is 89.4 Å². The minimum Gasteiger partial charge on any atom is -0.483 e. The van der Waals surface area contributed by atoms with E-state index < -0.39 is 0 Å². The Morgan fingerprint density at radius 2 is 1.88 bits per heavy atom. The van der Waals surface area contributed by atoms with Gasteiger partial charge < -0.3 is 14.5 Å². The third-order valence-corrected chi connectivity index (χ3v) is 5.47. The topological polar surface area (TPSA) is 64.4 Å². The Morgan fingerprint density at radius 3 is 2.78 bits per heavy atom. The maximum absolute atomic E-state index is 12.6.